The number of unbranched alkanes of at least 4 members (excludes halogenated alkanes) is 23. The van der Waals surface area contributed by atoms with Gasteiger partial charge < -0.3 is 14.2 Å². The lowest BCUT2D eigenvalue weighted by molar-refractivity contribution is -0.167. The third kappa shape index (κ3) is 47.5. The van der Waals surface area contributed by atoms with Crippen LogP contribution in [0.15, 0.2) is 85.1 Å². The lowest BCUT2D eigenvalue weighted by Crippen LogP contribution is -2.30. The van der Waals surface area contributed by atoms with Crippen molar-refractivity contribution in [2.75, 3.05) is 13.2 Å². The summed E-state index contributed by atoms with van der Waals surface area (Å²) in [4.78, 5) is 37.8. The van der Waals surface area contributed by atoms with Crippen molar-refractivity contribution in [1.29, 1.82) is 0 Å². The number of rotatable bonds is 44. The van der Waals surface area contributed by atoms with E-state index in [2.05, 4.69) is 81.5 Å². The van der Waals surface area contributed by atoms with Gasteiger partial charge in [-0.15, -0.1) is 0 Å². The number of carbonyl (C=O) groups excluding carboxylic acids is 3. The van der Waals surface area contributed by atoms with E-state index in [0.717, 1.165) is 96.3 Å². The molecule has 0 N–H and O–H groups in total. The first-order chi connectivity index (χ1) is 30.0. The molecule has 0 spiro atoms. The van der Waals surface area contributed by atoms with Gasteiger partial charge >= 0.3 is 17.9 Å². The highest BCUT2D eigenvalue weighted by Gasteiger charge is 2.19. The molecule has 0 fully saturated rings. The van der Waals surface area contributed by atoms with Crippen LogP contribution in [0.4, 0.5) is 0 Å². The molecule has 0 heterocycles. The Morgan fingerprint density at radius 2 is 0.738 bits per heavy atom. The minimum Gasteiger partial charge on any atom is -0.462 e. The molecule has 0 aromatic carbocycles. The van der Waals surface area contributed by atoms with Crippen LogP contribution in [0, 0.1) is 0 Å². The summed E-state index contributed by atoms with van der Waals surface area (Å²) in [6.07, 6.45) is 62.9. The van der Waals surface area contributed by atoms with E-state index in [-0.39, 0.29) is 31.1 Å². The van der Waals surface area contributed by atoms with Gasteiger partial charge in [0.05, 0.1) is 0 Å². The normalized spacial score (nSPS) is 12.8. The van der Waals surface area contributed by atoms with Crippen LogP contribution >= 0.6 is 0 Å². The zero-order valence-electron chi connectivity index (χ0n) is 39.7. The summed E-state index contributed by atoms with van der Waals surface area (Å²) in [7, 11) is 0. The smallest absolute Gasteiger partial charge is 0.306 e. The number of esters is 3. The second-order valence-corrected chi connectivity index (χ2v) is 16.5. The molecular formula is C55H92O6. The van der Waals surface area contributed by atoms with Gasteiger partial charge in [0.25, 0.3) is 0 Å². The number of hydrogen-bond acceptors (Lipinski definition) is 6. The Bertz CT molecular complexity index is 1200. The van der Waals surface area contributed by atoms with Crippen molar-refractivity contribution in [2.24, 2.45) is 0 Å². The summed E-state index contributed by atoms with van der Waals surface area (Å²) in [5.74, 6) is -0.959. The molecule has 0 saturated heterocycles. The third-order valence-corrected chi connectivity index (χ3v) is 10.5. The van der Waals surface area contributed by atoms with Crippen LogP contribution in [-0.4, -0.2) is 37.2 Å². The van der Waals surface area contributed by atoms with Crippen LogP contribution in [0.2, 0.25) is 0 Å². The maximum Gasteiger partial charge on any atom is 0.306 e. The van der Waals surface area contributed by atoms with Crippen LogP contribution in [0.1, 0.15) is 226 Å². The molecule has 0 aliphatic rings. The van der Waals surface area contributed by atoms with Crippen molar-refractivity contribution >= 4 is 17.9 Å². The molecule has 0 saturated carbocycles. The predicted molar refractivity (Wildman–Crippen MR) is 261 cm³/mol. The average molecular weight is 849 g/mol. The highest BCUT2D eigenvalue weighted by molar-refractivity contribution is 5.71. The van der Waals surface area contributed by atoms with Crippen molar-refractivity contribution in [3.63, 3.8) is 0 Å². The molecule has 6 nitrogen and oxygen atoms in total. The zero-order chi connectivity index (χ0) is 44.4. The highest BCUT2D eigenvalue weighted by atomic mass is 16.6. The first-order valence-corrected chi connectivity index (χ1v) is 25.2. The van der Waals surface area contributed by atoms with Gasteiger partial charge in [-0.05, 0) is 64.2 Å². The monoisotopic (exact) mass is 849 g/mol. The maximum atomic E-state index is 12.8. The van der Waals surface area contributed by atoms with Gasteiger partial charge in [-0.2, -0.15) is 0 Å². The van der Waals surface area contributed by atoms with E-state index in [0.29, 0.717) is 19.3 Å². The molecule has 0 aromatic rings. The number of allylic oxidation sites excluding steroid dienone is 14. The molecular weight excluding hydrogens is 757 g/mol. The van der Waals surface area contributed by atoms with Gasteiger partial charge in [-0.3, -0.25) is 14.4 Å². The third-order valence-electron chi connectivity index (χ3n) is 10.5. The summed E-state index contributed by atoms with van der Waals surface area (Å²) in [6.45, 7) is 6.37. The Hall–Kier alpha value is -3.41. The number of hydrogen-bond donors (Lipinski definition) is 0. The van der Waals surface area contributed by atoms with Crippen LogP contribution in [0.5, 0.6) is 0 Å². The molecule has 0 aliphatic heterocycles. The fourth-order valence-corrected chi connectivity index (χ4v) is 6.74. The van der Waals surface area contributed by atoms with E-state index in [1.165, 1.54) is 89.9 Å². The van der Waals surface area contributed by atoms with E-state index >= 15 is 0 Å². The van der Waals surface area contributed by atoms with E-state index in [1.54, 1.807) is 0 Å². The van der Waals surface area contributed by atoms with Gasteiger partial charge in [0.15, 0.2) is 6.10 Å². The Kier molecular flexibility index (Phi) is 46.5. The minimum atomic E-state index is -0.797. The van der Waals surface area contributed by atoms with Gasteiger partial charge in [-0.25, -0.2) is 0 Å². The topological polar surface area (TPSA) is 78.9 Å². The Balaban J connectivity index is 4.40. The highest BCUT2D eigenvalue weighted by Crippen LogP contribution is 2.15. The molecule has 0 aliphatic carbocycles. The number of ether oxygens (including phenoxy) is 3. The molecule has 0 aromatic heterocycles. The van der Waals surface area contributed by atoms with Crippen molar-refractivity contribution in [3.8, 4) is 0 Å². The average Bonchev–Trinajstić information content (AvgIpc) is 3.26. The summed E-state index contributed by atoms with van der Waals surface area (Å²) in [5.41, 5.74) is 0. The van der Waals surface area contributed by atoms with E-state index in [1.807, 2.05) is 24.3 Å². The van der Waals surface area contributed by atoms with E-state index in [4.69, 9.17) is 14.2 Å². The zero-order valence-corrected chi connectivity index (χ0v) is 39.7. The molecule has 1 atom stereocenters. The molecule has 0 bridgehead atoms. The van der Waals surface area contributed by atoms with Crippen LogP contribution in [0.25, 0.3) is 0 Å². The number of carbonyl (C=O) groups is 3. The quantitative estimate of drug-likeness (QED) is 0.0200. The standard InChI is InChI=1S/C55H92O6/c1-4-7-10-13-16-19-21-23-25-27-28-30-31-33-36-39-42-45-48-54(57)60-51-52(50-59-53(56)47-44-41-38-35-18-15-12-9-6-3)61-55(58)49-46-43-40-37-34-32-29-26-24-22-20-17-14-11-8-5-2/h9-10,12-13,16,18-19,21,23,25,27-28,30,35,52H,4-8,11,14-15,17,20,22,24,26,29,31-34,36-51H2,1-3H3/b12-9-,13-10-,19-16-,23-21-,27-25-,30-28-,35-18-. The Morgan fingerprint density at radius 3 is 1.23 bits per heavy atom. The molecule has 1 unspecified atom stereocenters. The summed E-state index contributed by atoms with van der Waals surface area (Å²) in [6, 6.07) is 0. The fraction of sp³-hybridized carbons (Fsp3) is 0.691. The molecule has 0 rings (SSSR count). The first-order valence-electron chi connectivity index (χ1n) is 25.2. The minimum absolute atomic E-state index is 0.0995. The lowest BCUT2D eigenvalue weighted by Gasteiger charge is -2.18. The summed E-state index contributed by atoms with van der Waals surface area (Å²) in [5, 5.41) is 0. The maximum absolute atomic E-state index is 12.8. The largest absolute Gasteiger partial charge is 0.462 e. The van der Waals surface area contributed by atoms with E-state index < -0.39 is 6.10 Å². The summed E-state index contributed by atoms with van der Waals surface area (Å²) >= 11 is 0. The van der Waals surface area contributed by atoms with Gasteiger partial charge in [0.1, 0.15) is 13.2 Å². The van der Waals surface area contributed by atoms with Crippen LogP contribution < -0.4 is 0 Å². The van der Waals surface area contributed by atoms with Crippen molar-refractivity contribution in [3.05, 3.63) is 85.1 Å². The van der Waals surface area contributed by atoms with Crippen LogP contribution in [0.3, 0.4) is 0 Å². The molecule has 0 radical (unpaired) electrons. The second kappa shape index (κ2) is 49.2. The first kappa shape index (κ1) is 57.6. The predicted octanol–water partition coefficient (Wildman–Crippen LogP) is 16.4. The summed E-state index contributed by atoms with van der Waals surface area (Å²) < 4.78 is 16.7. The van der Waals surface area contributed by atoms with Crippen molar-refractivity contribution in [1.82, 2.24) is 0 Å². The molecule has 348 valence electrons. The van der Waals surface area contributed by atoms with Gasteiger partial charge in [0.2, 0.25) is 0 Å². The fourth-order valence-electron chi connectivity index (χ4n) is 6.74. The second-order valence-electron chi connectivity index (χ2n) is 16.5. The molecule has 6 heteroatoms. The molecule has 0 amide bonds. The molecule has 61 heavy (non-hydrogen) atoms. The SMILES string of the molecule is CC/C=C\C/C=C\CCCCC(=O)OCC(COC(=O)CCCCCCC\C=C/C=C\C=C/C=C\C=C/CCC)OC(=O)CCCCCCCCCCCCCCCCCC. The Morgan fingerprint density at radius 1 is 0.361 bits per heavy atom. The van der Waals surface area contributed by atoms with E-state index in [9.17, 15) is 14.4 Å². The van der Waals surface area contributed by atoms with Crippen molar-refractivity contribution < 1.29 is 28.6 Å². The van der Waals surface area contributed by atoms with Gasteiger partial charge in [-0.1, -0.05) is 228 Å². The lowest BCUT2D eigenvalue weighted by atomic mass is 10.0. The van der Waals surface area contributed by atoms with Crippen molar-refractivity contribution in [2.45, 2.75) is 232 Å². The van der Waals surface area contributed by atoms with Crippen LogP contribution in [-0.2, 0) is 28.6 Å². The Labute approximate surface area is 375 Å². The van der Waals surface area contributed by atoms with Gasteiger partial charge in [0, 0.05) is 19.3 Å².